The highest BCUT2D eigenvalue weighted by Gasteiger charge is 2.68. The Balaban J connectivity index is 1.55. The molecule has 1 N–H and O–H groups in total. The van der Waals surface area contributed by atoms with Gasteiger partial charge in [-0.05, 0) is 26.0 Å². The van der Waals surface area contributed by atoms with Gasteiger partial charge >= 0.3 is 5.97 Å². The highest BCUT2D eigenvalue weighted by molar-refractivity contribution is 5.89. The molecule has 0 spiro atoms. The second kappa shape index (κ2) is 4.55. The van der Waals surface area contributed by atoms with Crippen molar-refractivity contribution in [1.29, 1.82) is 0 Å². The first-order valence-corrected chi connectivity index (χ1v) is 6.72. The van der Waals surface area contributed by atoms with Crippen molar-refractivity contribution in [1.82, 2.24) is 0 Å². The summed E-state index contributed by atoms with van der Waals surface area (Å²) in [5.41, 5.74) is -0.209. The Morgan fingerprint density at radius 2 is 2.05 bits per heavy atom. The van der Waals surface area contributed by atoms with E-state index in [-0.39, 0.29) is 24.8 Å². The largest absolute Gasteiger partial charge is 0.459 e. The third-order valence-corrected chi connectivity index (χ3v) is 3.97. The van der Waals surface area contributed by atoms with Crippen molar-refractivity contribution in [2.24, 2.45) is 0 Å². The Bertz CT molecular complexity index is 512. The normalized spacial score (nSPS) is 34.1. The number of rotatable bonds is 3. The van der Waals surface area contributed by atoms with Crippen LogP contribution in [0.5, 0.6) is 0 Å². The van der Waals surface area contributed by atoms with Crippen LogP contribution in [0.15, 0.2) is 30.3 Å². The van der Waals surface area contributed by atoms with E-state index in [9.17, 15) is 9.90 Å². The van der Waals surface area contributed by atoms with Gasteiger partial charge in [-0.1, -0.05) is 18.2 Å². The van der Waals surface area contributed by atoms with Crippen LogP contribution in [-0.4, -0.2) is 41.3 Å². The van der Waals surface area contributed by atoms with Gasteiger partial charge in [-0.25, -0.2) is 4.79 Å². The lowest BCUT2D eigenvalue weighted by Gasteiger charge is -2.52. The minimum Gasteiger partial charge on any atom is -0.459 e. The summed E-state index contributed by atoms with van der Waals surface area (Å²) in [6, 6.07) is 8.79. The Labute approximate surface area is 117 Å². The number of fused-ring (bicyclic) bond motifs is 1. The van der Waals surface area contributed by atoms with E-state index in [1.54, 1.807) is 38.1 Å². The van der Waals surface area contributed by atoms with E-state index in [2.05, 4.69) is 0 Å². The van der Waals surface area contributed by atoms with Crippen LogP contribution in [0, 0.1) is 0 Å². The summed E-state index contributed by atoms with van der Waals surface area (Å²) in [5, 5.41) is 10.3. The molecule has 3 rings (SSSR count). The van der Waals surface area contributed by atoms with Crippen molar-refractivity contribution in [2.75, 3.05) is 6.61 Å². The smallest absolute Gasteiger partial charge is 0.338 e. The Morgan fingerprint density at radius 1 is 1.35 bits per heavy atom. The first kappa shape index (κ1) is 13.5. The quantitative estimate of drug-likeness (QED) is 0.849. The molecule has 0 aliphatic carbocycles. The number of ether oxygens (including phenoxy) is 3. The van der Waals surface area contributed by atoms with Gasteiger partial charge in [-0.15, -0.1) is 0 Å². The highest BCUT2D eigenvalue weighted by atomic mass is 16.7. The molecule has 1 unspecified atom stereocenters. The highest BCUT2D eigenvalue weighted by Crippen LogP contribution is 2.50. The van der Waals surface area contributed by atoms with E-state index in [4.69, 9.17) is 14.2 Å². The van der Waals surface area contributed by atoms with E-state index in [1.165, 1.54) is 0 Å². The van der Waals surface area contributed by atoms with E-state index in [1.807, 2.05) is 6.07 Å². The van der Waals surface area contributed by atoms with Gasteiger partial charge in [0, 0.05) is 6.42 Å². The first-order valence-electron chi connectivity index (χ1n) is 6.72. The molecule has 1 aromatic carbocycles. The van der Waals surface area contributed by atoms with Crippen LogP contribution in [0.2, 0.25) is 0 Å². The summed E-state index contributed by atoms with van der Waals surface area (Å²) >= 11 is 0. The van der Waals surface area contributed by atoms with Gasteiger partial charge in [0.25, 0.3) is 0 Å². The van der Waals surface area contributed by atoms with Crippen LogP contribution < -0.4 is 0 Å². The Kier molecular flexibility index (Phi) is 3.08. The van der Waals surface area contributed by atoms with E-state index >= 15 is 0 Å². The second-order valence-corrected chi connectivity index (χ2v) is 5.75. The zero-order valence-corrected chi connectivity index (χ0v) is 11.5. The van der Waals surface area contributed by atoms with Gasteiger partial charge in [-0.3, -0.25) is 0 Å². The summed E-state index contributed by atoms with van der Waals surface area (Å²) in [6.45, 7) is 3.68. The van der Waals surface area contributed by atoms with Crippen molar-refractivity contribution in [3.05, 3.63) is 35.9 Å². The average Bonchev–Trinajstić information content (AvgIpc) is 2.71. The molecule has 2 aliphatic heterocycles. The molecular weight excluding hydrogens is 260 g/mol. The molecule has 5 nitrogen and oxygen atoms in total. The summed E-state index contributed by atoms with van der Waals surface area (Å²) < 4.78 is 16.4. The van der Waals surface area contributed by atoms with Crippen LogP contribution in [-0.2, 0) is 14.2 Å². The molecule has 0 aromatic heterocycles. The van der Waals surface area contributed by atoms with Crippen molar-refractivity contribution in [3.63, 3.8) is 0 Å². The maximum atomic E-state index is 11.8. The summed E-state index contributed by atoms with van der Waals surface area (Å²) in [4.78, 5) is 11.8. The van der Waals surface area contributed by atoms with Crippen molar-refractivity contribution >= 4 is 5.97 Å². The van der Waals surface area contributed by atoms with E-state index < -0.39 is 11.4 Å². The topological polar surface area (TPSA) is 65.0 Å². The monoisotopic (exact) mass is 278 g/mol. The lowest BCUT2D eigenvalue weighted by molar-refractivity contribution is -0.411. The van der Waals surface area contributed by atoms with Gasteiger partial charge < -0.3 is 19.3 Å². The molecule has 0 bridgehead atoms. The fourth-order valence-corrected chi connectivity index (χ4v) is 2.74. The van der Waals surface area contributed by atoms with Gasteiger partial charge in [-0.2, -0.15) is 0 Å². The SMILES string of the molecule is CC1(C)O[C@@H]2C[C@@H](COC(=O)c3ccccc3)OC21O. The number of hydrogen-bond donors (Lipinski definition) is 1. The van der Waals surface area contributed by atoms with Crippen LogP contribution in [0.1, 0.15) is 30.6 Å². The molecule has 5 heteroatoms. The van der Waals surface area contributed by atoms with Gasteiger partial charge in [0.15, 0.2) is 0 Å². The lowest BCUT2D eigenvalue weighted by Crippen LogP contribution is -2.70. The van der Waals surface area contributed by atoms with E-state index in [0.29, 0.717) is 12.0 Å². The summed E-state index contributed by atoms with van der Waals surface area (Å²) in [7, 11) is 0. The number of benzene rings is 1. The number of hydrogen-bond acceptors (Lipinski definition) is 5. The van der Waals surface area contributed by atoms with Crippen LogP contribution in [0.25, 0.3) is 0 Å². The number of aliphatic hydroxyl groups is 1. The predicted molar refractivity (Wildman–Crippen MR) is 70.1 cm³/mol. The molecule has 20 heavy (non-hydrogen) atoms. The molecule has 2 fully saturated rings. The Hall–Kier alpha value is -1.43. The molecule has 2 saturated heterocycles. The maximum Gasteiger partial charge on any atom is 0.338 e. The van der Waals surface area contributed by atoms with Gasteiger partial charge in [0.2, 0.25) is 5.79 Å². The fraction of sp³-hybridized carbons (Fsp3) is 0.533. The van der Waals surface area contributed by atoms with Crippen molar-refractivity contribution < 1.29 is 24.1 Å². The molecule has 108 valence electrons. The lowest BCUT2D eigenvalue weighted by atomic mass is 9.85. The van der Waals surface area contributed by atoms with Crippen molar-refractivity contribution in [3.8, 4) is 0 Å². The first-order chi connectivity index (χ1) is 9.42. The molecular formula is C15H18O5. The summed E-state index contributed by atoms with van der Waals surface area (Å²) in [5.74, 6) is -1.66. The van der Waals surface area contributed by atoms with Crippen LogP contribution >= 0.6 is 0 Å². The minimum atomic E-state index is -1.27. The molecule has 2 heterocycles. The number of carbonyl (C=O) groups is 1. The molecule has 0 amide bonds. The third kappa shape index (κ3) is 2.02. The number of carbonyl (C=O) groups excluding carboxylic acids is 1. The Morgan fingerprint density at radius 3 is 2.65 bits per heavy atom. The van der Waals surface area contributed by atoms with Gasteiger partial charge in [0.05, 0.1) is 11.7 Å². The summed E-state index contributed by atoms with van der Waals surface area (Å²) in [6.07, 6.45) is -0.139. The minimum absolute atomic E-state index is 0.117. The second-order valence-electron chi connectivity index (χ2n) is 5.75. The molecule has 2 aliphatic rings. The molecule has 3 atom stereocenters. The third-order valence-electron chi connectivity index (χ3n) is 3.97. The number of esters is 1. The van der Waals surface area contributed by atoms with Crippen LogP contribution in [0.4, 0.5) is 0 Å². The molecule has 0 radical (unpaired) electrons. The van der Waals surface area contributed by atoms with E-state index in [0.717, 1.165) is 0 Å². The fourth-order valence-electron chi connectivity index (χ4n) is 2.74. The zero-order chi connectivity index (χ0) is 14.4. The molecule has 0 saturated carbocycles. The van der Waals surface area contributed by atoms with Crippen LogP contribution in [0.3, 0.4) is 0 Å². The maximum absolute atomic E-state index is 11.8. The molecule has 1 aromatic rings. The standard InChI is InChI=1S/C15H18O5/c1-14(2)15(17)12(20-14)8-11(19-15)9-18-13(16)10-6-4-3-5-7-10/h3-7,11-12,17H,8-9H2,1-2H3/t11-,12+,15?/m0/s1. The van der Waals surface area contributed by atoms with Gasteiger partial charge in [0.1, 0.15) is 18.3 Å². The predicted octanol–water partition coefficient (Wildman–Crippen LogP) is 1.50. The average molecular weight is 278 g/mol. The van der Waals surface area contributed by atoms with Crippen molar-refractivity contribution in [2.45, 2.75) is 43.9 Å². The zero-order valence-electron chi connectivity index (χ0n) is 11.5.